The summed E-state index contributed by atoms with van der Waals surface area (Å²) in [6.07, 6.45) is 2.17. The Hall–Kier alpha value is -2.46. The van der Waals surface area contributed by atoms with Crippen molar-refractivity contribution in [3.05, 3.63) is 65.9 Å². The highest BCUT2D eigenvalue weighted by Gasteiger charge is 2.25. The molecule has 0 unspecified atom stereocenters. The van der Waals surface area contributed by atoms with Gasteiger partial charge < -0.3 is 4.74 Å². The van der Waals surface area contributed by atoms with Crippen molar-refractivity contribution in [1.29, 1.82) is 0 Å². The van der Waals surface area contributed by atoms with Crippen LogP contribution in [0.3, 0.4) is 0 Å². The standard InChI is InChI=1S/C21H19NO2S/c1-14-7-3-6-10-19(14)24-13-16-11-12-25-21-17-8-4-5-9-18(17)22(15(2)23)20(16)21/h3-11H,12-13H2,1-2H3. The van der Waals surface area contributed by atoms with Gasteiger partial charge in [-0.15, -0.1) is 11.8 Å². The van der Waals surface area contributed by atoms with E-state index in [0.29, 0.717) is 6.61 Å². The zero-order valence-electron chi connectivity index (χ0n) is 14.3. The Balaban J connectivity index is 1.77. The van der Waals surface area contributed by atoms with E-state index >= 15 is 0 Å². The molecule has 0 spiro atoms. The maximum absolute atomic E-state index is 12.4. The van der Waals surface area contributed by atoms with Crippen LogP contribution in [0.5, 0.6) is 5.75 Å². The molecule has 25 heavy (non-hydrogen) atoms. The van der Waals surface area contributed by atoms with E-state index in [2.05, 4.69) is 12.1 Å². The third kappa shape index (κ3) is 2.76. The number of fused-ring (bicyclic) bond motifs is 3. The summed E-state index contributed by atoms with van der Waals surface area (Å²) >= 11 is 1.78. The lowest BCUT2D eigenvalue weighted by Crippen LogP contribution is -2.14. The van der Waals surface area contributed by atoms with Crippen molar-refractivity contribution >= 4 is 34.1 Å². The van der Waals surface area contributed by atoms with Gasteiger partial charge in [0.15, 0.2) is 0 Å². The van der Waals surface area contributed by atoms with E-state index in [9.17, 15) is 4.79 Å². The van der Waals surface area contributed by atoms with Crippen LogP contribution in [0.4, 0.5) is 0 Å². The van der Waals surface area contributed by atoms with E-state index < -0.39 is 0 Å². The number of para-hydroxylation sites is 2. The fraction of sp³-hybridized carbons (Fsp3) is 0.190. The molecule has 2 aromatic carbocycles. The second-order valence-corrected chi connectivity index (χ2v) is 7.17. The molecule has 126 valence electrons. The molecule has 1 aliphatic rings. The fourth-order valence-electron chi connectivity index (χ4n) is 3.30. The average molecular weight is 349 g/mol. The lowest BCUT2D eigenvalue weighted by molar-refractivity contribution is 0.0940. The summed E-state index contributed by atoms with van der Waals surface area (Å²) in [6.45, 7) is 4.12. The number of benzene rings is 2. The van der Waals surface area contributed by atoms with Crippen LogP contribution in [0.15, 0.2) is 59.5 Å². The van der Waals surface area contributed by atoms with Crippen LogP contribution in [0.25, 0.3) is 16.5 Å². The van der Waals surface area contributed by atoms with E-state index in [1.807, 2.05) is 54.0 Å². The zero-order chi connectivity index (χ0) is 17.4. The normalized spacial score (nSPS) is 13.4. The van der Waals surface area contributed by atoms with Crippen LogP contribution in [0, 0.1) is 6.92 Å². The Morgan fingerprint density at radius 2 is 1.92 bits per heavy atom. The maximum atomic E-state index is 12.4. The molecule has 3 nitrogen and oxygen atoms in total. The summed E-state index contributed by atoms with van der Waals surface area (Å²) in [7, 11) is 0. The second kappa shape index (κ2) is 6.45. The Bertz CT molecular complexity index is 1000. The van der Waals surface area contributed by atoms with Gasteiger partial charge in [-0.3, -0.25) is 9.36 Å². The first-order valence-corrected chi connectivity index (χ1v) is 9.30. The SMILES string of the molecule is CC(=O)n1c2c(c3ccccc31)SCC=C2COc1ccccc1C. The Kier molecular flexibility index (Phi) is 4.14. The predicted octanol–water partition coefficient (Wildman–Crippen LogP) is 5.18. The maximum Gasteiger partial charge on any atom is 0.228 e. The molecule has 2 heterocycles. The molecule has 0 saturated carbocycles. The molecule has 3 aromatic rings. The summed E-state index contributed by atoms with van der Waals surface area (Å²) in [5, 5.41) is 1.14. The number of hydrogen-bond donors (Lipinski definition) is 0. The van der Waals surface area contributed by atoms with Gasteiger partial charge in [0, 0.05) is 28.5 Å². The Labute approximate surface area is 151 Å². The number of aromatic nitrogens is 1. The van der Waals surface area contributed by atoms with Gasteiger partial charge in [0.1, 0.15) is 12.4 Å². The highest BCUT2D eigenvalue weighted by atomic mass is 32.2. The summed E-state index contributed by atoms with van der Waals surface area (Å²) in [5.41, 5.74) is 4.14. The first-order valence-electron chi connectivity index (χ1n) is 8.32. The van der Waals surface area contributed by atoms with Crippen molar-refractivity contribution in [2.45, 2.75) is 18.7 Å². The number of hydrogen-bond acceptors (Lipinski definition) is 3. The van der Waals surface area contributed by atoms with Gasteiger partial charge in [-0.25, -0.2) is 0 Å². The third-order valence-corrected chi connectivity index (χ3v) is 5.52. The van der Waals surface area contributed by atoms with E-state index in [0.717, 1.165) is 39.2 Å². The van der Waals surface area contributed by atoms with Gasteiger partial charge in [0.25, 0.3) is 0 Å². The van der Waals surface area contributed by atoms with Crippen molar-refractivity contribution in [3.8, 4) is 5.75 Å². The van der Waals surface area contributed by atoms with Gasteiger partial charge in [0.2, 0.25) is 5.91 Å². The van der Waals surface area contributed by atoms with Crippen LogP contribution in [-0.2, 0) is 0 Å². The smallest absolute Gasteiger partial charge is 0.228 e. The molecule has 0 N–H and O–H groups in total. The Morgan fingerprint density at radius 3 is 2.72 bits per heavy atom. The fourth-order valence-corrected chi connectivity index (χ4v) is 4.43. The molecule has 0 radical (unpaired) electrons. The average Bonchev–Trinajstić information content (AvgIpc) is 2.96. The minimum absolute atomic E-state index is 0.0294. The van der Waals surface area contributed by atoms with Gasteiger partial charge in [0.05, 0.1) is 11.2 Å². The number of ether oxygens (including phenoxy) is 1. The number of aryl methyl sites for hydroxylation is 1. The molecule has 4 heteroatoms. The molecule has 0 bridgehead atoms. The van der Waals surface area contributed by atoms with Gasteiger partial charge >= 0.3 is 0 Å². The van der Waals surface area contributed by atoms with Gasteiger partial charge in [-0.1, -0.05) is 42.5 Å². The molecule has 1 aliphatic heterocycles. The molecule has 0 amide bonds. The minimum atomic E-state index is 0.0294. The van der Waals surface area contributed by atoms with E-state index in [-0.39, 0.29) is 5.91 Å². The van der Waals surface area contributed by atoms with Crippen LogP contribution >= 0.6 is 11.8 Å². The lowest BCUT2D eigenvalue weighted by Gasteiger charge is -2.18. The van der Waals surface area contributed by atoms with Crippen molar-refractivity contribution in [3.63, 3.8) is 0 Å². The largest absolute Gasteiger partial charge is 0.489 e. The van der Waals surface area contributed by atoms with Crippen LogP contribution in [0.2, 0.25) is 0 Å². The molecule has 0 aliphatic carbocycles. The van der Waals surface area contributed by atoms with E-state index in [4.69, 9.17) is 4.74 Å². The van der Waals surface area contributed by atoms with Gasteiger partial charge in [-0.05, 0) is 24.6 Å². The minimum Gasteiger partial charge on any atom is -0.489 e. The zero-order valence-corrected chi connectivity index (χ0v) is 15.1. The quantitative estimate of drug-likeness (QED) is 0.653. The summed E-state index contributed by atoms with van der Waals surface area (Å²) < 4.78 is 7.88. The first kappa shape index (κ1) is 16.0. The highest BCUT2D eigenvalue weighted by Crippen LogP contribution is 2.41. The van der Waals surface area contributed by atoms with Crippen LogP contribution < -0.4 is 4.74 Å². The molecule has 4 rings (SSSR count). The number of thioether (sulfide) groups is 1. The van der Waals surface area contributed by atoms with Crippen molar-refractivity contribution in [2.75, 3.05) is 12.4 Å². The molecular formula is C21H19NO2S. The number of rotatable bonds is 3. The number of nitrogens with zero attached hydrogens (tertiary/aromatic N) is 1. The second-order valence-electron chi connectivity index (χ2n) is 6.14. The summed E-state index contributed by atoms with van der Waals surface area (Å²) in [5.74, 6) is 1.81. The van der Waals surface area contributed by atoms with Crippen LogP contribution in [-0.4, -0.2) is 22.8 Å². The van der Waals surface area contributed by atoms with E-state index in [1.165, 1.54) is 4.90 Å². The molecule has 0 fully saturated rings. The van der Waals surface area contributed by atoms with Crippen molar-refractivity contribution in [2.24, 2.45) is 0 Å². The highest BCUT2D eigenvalue weighted by molar-refractivity contribution is 7.99. The predicted molar refractivity (Wildman–Crippen MR) is 104 cm³/mol. The molecule has 0 atom stereocenters. The van der Waals surface area contributed by atoms with Gasteiger partial charge in [-0.2, -0.15) is 0 Å². The molecular weight excluding hydrogens is 330 g/mol. The number of carbonyl (C=O) groups is 1. The summed E-state index contributed by atoms with van der Waals surface area (Å²) in [6, 6.07) is 16.1. The molecule has 1 aromatic heterocycles. The Morgan fingerprint density at radius 1 is 1.16 bits per heavy atom. The third-order valence-electron chi connectivity index (χ3n) is 4.48. The van der Waals surface area contributed by atoms with Crippen molar-refractivity contribution in [1.82, 2.24) is 4.57 Å². The van der Waals surface area contributed by atoms with E-state index in [1.54, 1.807) is 18.7 Å². The number of carbonyl (C=O) groups excluding carboxylic acids is 1. The lowest BCUT2D eigenvalue weighted by atomic mass is 10.1. The van der Waals surface area contributed by atoms with Crippen LogP contribution in [0.1, 0.15) is 23.0 Å². The monoisotopic (exact) mass is 349 g/mol. The van der Waals surface area contributed by atoms with Crippen molar-refractivity contribution < 1.29 is 9.53 Å². The first-order chi connectivity index (χ1) is 12.2. The summed E-state index contributed by atoms with van der Waals surface area (Å²) in [4.78, 5) is 13.5. The topological polar surface area (TPSA) is 31.2 Å². The molecule has 0 saturated heterocycles.